The summed E-state index contributed by atoms with van der Waals surface area (Å²) in [7, 11) is 0. The summed E-state index contributed by atoms with van der Waals surface area (Å²) in [6.45, 7) is 4.27. The molecule has 0 saturated heterocycles. The Kier molecular flexibility index (Phi) is 3.08. The minimum atomic E-state index is -0.984. The monoisotopic (exact) mass is 715 g/mol. The Balaban J connectivity index is 1.41. The van der Waals surface area contributed by atoms with Crippen LogP contribution >= 0.6 is 0 Å². The van der Waals surface area contributed by atoms with E-state index in [0.29, 0.717) is 0 Å². The van der Waals surface area contributed by atoms with Crippen LogP contribution in [0, 0.1) is 20.8 Å². The van der Waals surface area contributed by atoms with Gasteiger partial charge in [0.2, 0.25) is 0 Å². The fourth-order valence-electron chi connectivity index (χ4n) is 7.36. The third-order valence-corrected chi connectivity index (χ3v) is 9.64. The highest BCUT2D eigenvalue weighted by Crippen LogP contribution is 2.47. The molecule has 1 heteroatoms. The summed E-state index contributed by atoms with van der Waals surface area (Å²) < 4.78 is 255. The van der Waals surface area contributed by atoms with Gasteiger partial charge in [-0.3, -0.25) is 0 Å². The molecule has 0 bridgehead atoms. The Labute approximate surface area is 351 Å². The van der Waals surface area contributed by atoms with Crippen LogP contribution in [0.15, 0.2) is 168 Å². The summed E-state index contributed by atoms with van der Waals surface area (Å²) in [5, 5.41) is -5.21. The SMILES string of the molecule is [2H]c1c([2H])c(-c2c3c([2H])c([2H])c([2H])c([2H])c3c(-c3c([2H])c([2H])c4oc5c([2H])c6c([2H])c([2H])c([2H])c([2H])c6c([2H])c5c4c3[2H])c3c([2H])c([2H])c([2H])c([2H])c23)c([2H])c(-c2c(C)c3c(C)c([2H])c([2H])c([2H])c3c3c([2H])c([2H])c(C)c([2H])c23)c1[2H]. The summed E-state index contributed by atoms with van der Waals surface area (Å²) >= 11 is 0. The van der Waals surface area contributed by atoms with Crippen molar-refractivity contribution in [3.63, 3.8) is 0 Å². The Bertz CT molecular complexity index is 4840. The molecule has 0 aliphatic carbocycles. The van der Waals surface area contributed by atoms with Crippen LogP contribution in [0.4, 0.5) is 0 Å². The van der Waals surface area contributed by atoms with Crippen LogP contribution in [-0.2, 0) is 0 Å². The molecule has 0 radical (unpaired) electrons. The third-order valence-electron chi connectivity index (χ3n) is 9.64. The van der Waals surface area contributed by atoms with Crippen LogP contribution in [0.1, 0.15) is 53.7 Å². The molecular formula is C53H36O. The van der Waals surface area contributed by atoms with Crippen LogP contribution in [0.2, 0.25) is 0 Å². The second-order valence-corrected chi connectivity index (χ2v) is 12.8. The van der Waals surface area contributed by atoms with Crippen molar-refractivity contribution in [3.05, 3.63) is 180 Å². The Morgan fingerprint density at radius 3 is 1.65 bits per heavy atom. The van der Waals surface area contributed by atoms with Crippen molar-refractivity contribution in [2.45, 2.75) is 20.8 Å². The predicted molar refractivity (Wildman–Crippen MR) is 232 cm³/mol. The van der Waals surface area contributed by atoms with E-state index in [1.165, 1.54) is 20.8 Å². The van der Waals surface area contributed by atoms with E-state index in [0.717, 1.165) is 0 Å². The summed E-state index contributed by atoms with van der Waals surface area (Å²) in [4.78, 5) is 0. The van der Waals surface area contributed by atoms with E-state index in [2.05, 4.69) is 0 Å². The molecule has 0 spiro atoms. The fraction of sp³-hybridized carbons (Fsp3) is 0.0566. The van der Waals surface area contributed by atoms with Gasteiger partial charge in [-0.15, -0.1) is 0 Å². The minimum absolute atomic E-state index is 0.0575. The van der Waals surface area contributed by atoms with Crippen molar-refractivity contribution in [2.24, 2.45) is 0 Å². The topological polar surface area (TPSA) is 13.1 Å². The molecule has 1 nitrogen and oxygen atoms in total. The van der Waals surface area contributed by atoms with Crippen LogP contribution in [0.25, 0.3) is 109 Å². The van der Waals surface area contributed by atoms with Gasteiger partial charge in [0.05, 0.1) is 37.0 Å². The van der Waals surface area contributed by atoms with Gasteiger partial charge in [-0.1, -0.05) is 138 Å². The lowest BCUT2D eigenvalue weighted by molar-refractivity contribution is 0.669. The molecule has 0 unspecified atom stereocenters. The lowest BCUT2D eigenvalue weighted by Crippen LogP contribution is -1.94. The van der Waals surface area contributed by atoms with Gasteiger partial charge < -0.3 is 4.42 Å². The summed E-state index contributed by atoms with van der Waals surface area (Å²) in [5.41, 5.74) is -4.75. The lowest BCUT2D eigenvalue weighted by Gasteiger charge is -2.20. The molecule has 11 rings (SSSR count). The highest BCUT2D eigenvalue weighted by atomic mass is 16.3. The molecule has 0 aliphatic heterocycles. The highest BCUT2D eigenvalue weighted by molar-refractivity contribution is 6.23. The summed E-state index contributed by atoms with van der Waals surface area (Å²) in [5.74, 6) is 0. The van der Waals surface area contributed by atoms with Gasteiger partial charge in [0.25, 0.3) is 0 Å². The highest BCUT2D eigenvalue weighted by Gasteiger charge is 2.20. The van der Waals surface area contributed by atoms with E-state index >= 15 is 0 Å². The van der Waals surface area contributed by atoms with E-state index in [1.807, 2.05) is 0 Å². The molecule has 0 N–H and O–H groups in total. The zero-order valence-corrected chi connectivity index (χ0v) is 28.4. The van der Waals surface area contributed by atoms with E-state index in [9.17, 15) is 19.2 Å². The zero-order chi connectivity index (χ0) is 59.6. The van der Waals surface area contributed by atoms with E-state index < -0.39 is 245 Å². The maximum Gasteiger partial charge on any atom is 0.136 e. The van der Waals surface area contributed by atoms with Gasteiger partial charge in [0.15, 0.2) is 0 Å². The normalized spacial score (nSPS) is 19.0. The van der Waals surface area contributed by atoms with Crippen molar-refractivity contribution in [1.82, 2.24) is 0 Å². The first kappa shape index (κ1) is 14.3. The number of rotatable bonds is 3. The number of fused-ring (bicyclic) bond motifs is 9. The number of furan rings is 1. The van der Waals surface area contributed by atoms with Gasteiger partial charge >= 0.3 is 0 Å². The summed E-state index contributed by atoms with van der Waals surface area (Å²) in [6, 6.07) is -21.4. The molecule has 1 heterocycles. The fourth-order valence-corrected chi connectivity index (χ4v) is 7.36. The van der Waals surface area contributed by atoms with Crippen LogP contribution < -0.4 is 0 Å². The maximum absolute atomic E-state index is 10.2. The maximum atomic E-state index is 10.2. The average Bonchev–Trinajstić information content (AvgIpc) is 2.46. The molecule has 0 fully saturated rings. The quantitative estimate of drug-likeness (QED) is 0.131. The molecule has 54 heavy (non-hydrogen) atoms. The Morgan fingerprint density at radius 1 is 0.370 bits per heavy atom. The Morgan fingerprint density at radius 2 is 0.944 bits per heavy atom. The smallest absolute Gasteiger partial charge is 0.136 e. The zero-order valence-electron chi connectivity index (χ0n) is 55.4. The van der Waals surface area contributed by atoms with Crippen molar-refractivity contribution in [2.75, 3.05) is 0 Å². The van der Waals surface area contributed by atoms with E-state index in [1.54, 1.807) is 0 Å². The first-order chi connectivity index (χ1) is 37.8. The standard InChI is InChI=1S/C53H36O/c1-31-22-24-39-40-21-10-12-32(2)50(40)33(3)51(47(39)26-31)36-15-11-16-37(27-36)52-41-17-6-8-19-43(41)53(44-20-9-7-18-42(44)52)38-23-25-48-45(29-38)46-28-34-13-4-5-14-35(34)30-49(46)54-48/h4-30H,1-3H3/i4D,5D,6D,7D,8D,9D,10D,11D,12D,13D,14D,15D,16D,17D,18D,19D,20D,21D,22D,23D,24D,25D,26D,27D,28D,29D,30D. The molecule has 254 valence electrons. The van der Waals surface area contributed by atoms with Crippen molar-refractivity contribution in [1.29, 1.82) is 0 Å². The Hall–Kier alpha value is -6.70. The van der Waals surface area contributed by atoms with Crippen molar-refractivity contribution in [3.8, 4) is 33.4 Å². The average molecular weight is 716 g/mol. The second-order valence-electron chi connectivity index (χ2n) is 12.8. The molecule has 0 amide bonds. The van der Waals surface area contributed by atoms with Crippen molar-refractivity contribution < 1.29 is 41.4 Å². The molecule has 1 aromatic heterocycles. The number of hydrogen-bond acceptors (Lipinski definition) is 1. The van der Waals surface area contributed by atoms with Gasteiger partial charge in [-0.2, -0.15) is 0 Å². The van der Waals surface area contributed by atoms with Crippen LogP contribution in [0.3, 0.4) is 0 Å². The molecule has 0 aliphatic rings. The minimum Gasteiger partial charge on any atom is -0.456 e. The third kappa shape index (κ3) is 4.52. The predicted octanol–water partition coefficient (Wildman–Crippen LogP) is 15.3. The lowest BCUT2D eigenvalue weighted by atomic mass is 9.83. The van der Waals surface area contributed by atoms with E-state index in [-0.39, 0.29) is 43.8 Å². The second kappa shape index (κ2) is 11.7. The first-order valence-corrected chi connectivity index (χ1v) is 16.7. The first-order valence-electron chi connectivity index (χ1n) is 30.2. The van der Waals surface area contributed by atoms with Gasteiger partial charge in [-0.25, -0.2) is 0 Å². The number of hydrogen-bond donors (Lipinski definition) is 0. The summed E-state index contributed by atoms with van der Waals surface area (Å²) in [6.07, 6.45) is 0. The van der Waals surface area contributed by atoms with Gasteiger partial charge in [0.1, 0.15) is 11.2 Å². The number of aryl methyl sites for hydroxylation is 2. The largest absolute Gasteiger partial charge is 0.456 e. The van der Waals surface area contributed by atoms with Crippen LogP contribution in [-0.4, -0.2) is 0 Å². The molecular weight excluding hydrogens is 653 g/mol. The van der Waals surface area contributed by atoms with Crippen LogP contribution in [0.5, 0.6) is 0 Å². The van der Waals surface area contributed by atoms with Gasteiger partial charge in [0, 0.05) is 10.8 Å². The molecule has 0 saturated carbocycles. The molecule has 0 atom stereocenters. The van der Waals surface area contributed by atoms with Crippen molar-refractivity contribution >= 4 is 75.8 Å². The molecule has 10 aromatic carbocycles. The van der Waals surface area contributed by atoms with Gasteiger partial charge in [-0.05, 0) is 149 Å². The number of benzene rings is 10. The van der Waals surface area contributed by atoms with E-state index in [4.69, 9.17) is 22.2 Å². The molecule has 11 aromatic rings.